The molecule has 3 nitrogen and oxygen atoms in total. The molecular weight excluding hydrogens is 303 g/mol. The van der Waals surface area contributed by atoms with Crippen LogP contribution in [0.3, 0.4) is 0 Å². The van der Waals surface area contributed by atoms with Crippen molar-refractivity contribution in [1.82, 2.24) is 0 Å². The highest BCUT2D eigenvalue weighted by atomic mass is 35.5. The number of nitrogens with zero attached hydrogens (tertiary/aromatic N) is 1. The van der Waals surface area contributed by atoms with Gasteiger partial charge in [0.2, 0.25) is 0 Å². The molecule has 2 rings (SSSR count). The number of nitrogen functional groups attached to an aromatic ring is 1. The number of hydrogen-bond donors (Lipinski definition) is 1. The Morgan fingerprint density at radius 3 is 2.58 bits per heavy atom. The highest BCUT2D eigenvalue weighted by molar-refractivity contribution is 7.20. The van der Waals surface area contributed by atoms with Gasteiger partial charge in [-0.1, -0.05) is 35.3 Å². The summed E-state index contributed by atoms with van der Waals surface area (Å²) in [5.41, 5.74) is 7.54. The van der Waals surface area contributed by atoms with Gasteiger partial charge in [-0.2, -0.15) is 0 Å². The molecule has 100 valence electrons. The minimum Gasteiger partial charge on any atom is -0.397 e. The molecule has 0 saturated heterocycles. The van der Waals surface area contributed by atoms with Crippen LogP contribution in [0.2, 0.25) is 8.67 Å². The van der Waals surface area contributed by atoms with E-state index in [1.807, 2.05) is 19.1 Å². The summed E-state index contributed by atoms with van der Waals surface area (Å²) in [6, 6.07) is 8.81. The summed E-state index contributed by atoms with van der Waals surface area (Å²) >= 11 is 13.1. The fourth-order valence-corrected chi connectivity index (χ4v) is 3.24. The van der Waals surface area contributed by atoms with Crippen LogP contribution in [0.5, 0.6) is 0 Å². The summed E-state index contributed by atoms with van der Waals surface area (Å²) in [5.74, 6) is -0.200. The lowest BCUT2D eigenvalue weighted by Crippen LogP contribution is -2.31. The molecule has 2 aromatic rings. The maximum absolute atomic E-state index is 12.5. The average molecular weight is 315 g/mol. The molecule has 0 saturated carbocycles. The average Bonchev–Trinajstić information content (AvgIpc) is 2.71. The monoisotopic (exact) mass is 314 g/mol. The van der Waals surface area contributed by atoms with Crippen LogP contribution < -0.4 is 10.6 Å². The number of anilines is 2. The van der Waals surface area contributed by atoms with Crippen LogP contribution in [-0.4, -0.2) is 12.5 Å². The Labute approximate surface area is 125 Å². The number of hydrogen-bond acceptors (Lipinski definition) is 3. The largest absolute Gasteiger partial charge is 0.397 e. The zero-order valence-corrected chi connectivity index (χ0v) is 12.5. The second-order valence-corrected chi connectivity index (χ2v) is 6.13. The van der Waals surface area contributed by atoms with Crippen LogP contribution in [0.15, 0.2) is 30.3 Å². The van der Waals surface area contributed by atoms with Crippen molar-refractivity contribution in [3.05, 3.63) is 44.6 Å². The third kappa shape index (κ3) is 2.86. The van der Waals surface area contributed by atoms with Crippen LogP contribution in [0, 0.1) is 0 Å². The van der Waals surface area contributed by atoms with Crippen molar-refractivity contribution in [1.29, 1.82) is 0 Å². The van der Waals surface area contributed by atoms with Crippen molar-refractivity contribution in [3.63, 3.8) is 0 Å². The molecule has 0 atom stereocenters. The first-order valence-corrected chi connectivity index (χ1v) is 7.23. The molecule has 0 aliphatic rings. The smallest absolute Gasteiger partial charge is 0.260 e. The number of carbonyl (C=O) groups excluding carboxylic acids is 1. The molecule has 1 aromatic carbocycles. The number of para-hydroxylation sites is 2. The Kier molecular flexibility index (Phi) is 4.34. The molecule has 1 amide bonds. The first kappa shape index (κ1) is 14.2. The molecule has 0 bridgehead atoms. The summed E-state index contributed by atoms with van der Waals surface area (Å²) in [4.78, 5) is 14.1. The lowest BCUT2D eigenvalue weighted by molar-refractivity contribution is 0.0989. The Morgan fingerprint density at radius 2 is 2.05 bits per heavy atom. The van der Waals surface area contributed by atoms with Crippen molar-refractivity contribution < 1.29 is 4.79 Å². The van der Waals surface area contributed by atoms with Gasteiger partial charge in [0.25, 0.3) is 5.91 Å². The maximum atomic E-state index is 12.5. The van der Waals surface area contributed by atoms with Crippen LogP contribution in [0.1, 0.15) is 17.3 Å². The molecule has 0 fully saturated rings. The molecule has 2 N–H and O–H groups in total. The number of benzene rings is 1. The zero-order valence-electron chi connectivity index (χ0n) is 10.2. The normalized spacial score (nSPS) is 10.5. The minimum absolute atomic E-state index is 0.200. The van der Waals surface area contributed by atoms with E-state index >= 15 is 0 Å². The van der Waals surface area contributed by atoms with Gasteiger partial charge < -0.3 is 10.6 Å². The van der Waals surface area contributed by atoms with Gasteiger partial charge in [0.1, 0.15) is 4.34 Å². The molecule has 0 radical (unpaired) electrons. The minimum atomic E-state index is -0.200. The van der Waals surface area contributed by atoms with Gasteiger partial charge in [0, 0.05) is 6.54 Å². The number of thiophene rings is 1. The van der Waals surface area contributed by atoms with E-state index in [1.54, 1.807) is 23.1 Å². The van der Waals surface area contributed by atoms with Crippen molar-refractivity contribution in [2.75, 3.05) is 17.2 Å². The Bertz CT molecular complexity index is 612. The van der Waals surface area contributed by atoms with Gasteiger partial charge in [0.15, 0.2) is 0 Å². The van der Waals surface area contributed by atoms with Crippen molar-refractivity contribution in [3.8, 4) is 0 Å². The van der Waals surface area contributed by atoms with Crippen LogP contribution >= 0.6 is 34.5 Å². The van der Waals surface area contributed by atoms with Crippen molar-refractivity contribution >= 4 is 51.8 Å². The molecular formula is C13H12Cl2N2OS. The summed E-state index contributed by atoms with van der Waals surface area (Å²) in [7, 11) is 0. The van der Waals surface area contributed by atoms with Gasteiger partial charge in [-0.25, -0.2) is 0 Å². The topological polar surface area (TPSA) is 46.3 Å². The van der Waals surface area contributed by atoms with Crippen molar-refractivity contribution in [2.24, 2.45) is 0 Å². The van der Waals surface area contributed by atoms with Gasteiger partial charge in [-0.05, 0) is 25.1 Å². The highest BCUT2D eigenvalue weighted by Gasteiger charge is 2.22. The standard InChI is InChI=1S/C13H12Cl2N2OS/c1-2-17(10-6-4-3-5-9(10)16)13(18)8-7-11(14)19-12(8)15/h3-7H,2,16H2,1H3. The molecule has 0 unspecified atom stereocenters. The van der Waals surface area contributed by atoms with E-state index < -0.39 is 0 Å². The van der Waals surface area contributed by atoms with E-state index in [-0.39, 0.29) is 5.91 Å². The number of amides is 1. The third-order valence-corrected chi connectivity index (χ3v) is 4.16. The van der Waals surface area contributed by atoms with Crippen LogP contribution in [-0.2, 0) is 0 Å². The molecule has 0 aliphatic carbocycles. The SMILES string of the molecule is CCN(C(=O)c1cc(Cl)sc1Cl)c1ccccc1N. The predicted octanol–water partition coefficient (Wildman–Crippen LogP) is 4.30. The first-order chi connectivity index (χ1) is 9.04. The quantitative estimate of drug-likeness (QED) is 0.858. The first-order valence-electron chi connectivity index (χ1n) is 5.65. The van der Waals surface area contributed by atoms with Gasteiger partial charge in [-0.15, -0.1) is 11.3 Å². The van der Waals surface area contributed by atoms with Gasteiger partial charge >= 0.3 is 0 Å². The number of halogens is 2. The molecule has 1 heterocycles. The van der Waals surface area contributed by atoms with E-state index in [2.05, 4.69) is 0 Å². The molecule has 0 aliphatic heterocycles. The molecule has 6 heteroatoms. The highest BCUT2D eigenvalue weighted by Crippen LogP contribution is 2.33. The van der Waals surface area contributed by atoms with E-state index in [0.29, 0.717) is 32.2 Å². The fourth-order valence-electron chi connectivity index (χ4n) is 1.79. The molecule has 1 aromatic heterocycles. The number of nitrogens with two attached hydrogens (primary N) is 1. The molecule has 0 spiro atoms. The van der Waals surface area contributed by atoms with Crippen LogP contribution in [0.4, 0.5) is 11.4 Å². The van der Waals surface area contributed by atoms with E-state index in [1.165, 1.54) is 11.3 Å². The maximum Gasteiger partial charge on any atom is 0.260 e. The van der Waals surface area contributed by atoms with Gasteiger partial charge in [-0.3, -0.25) is 4.79 Å². The second kappa shape index (κ2) is 5.82. The predicted molar refractivity (Wildman–Crippen MR) is 82.5 cm³/mol. The molecule has 19 heavy (non-hydrogen) atoms. The summed E-state index contributed by atoms with van der Waals surface area (Å²) in [6.45, 7) is 2.38. The summed E-state index contributed by atoms with van der Waals surface area (Å²) < 4.78 is 0.883. The van der Waals surface area contributed by atoms with Crippen LogP contribution in [0.25, 0.3) is 0 Å². The summed E-state index contributed by atoms with van der Waals surface area (Å²) in [6.07, 6.45) is 0. The van der Waals surface area contributed by atoms with Crippen molar-refractivity contribution in [2.45, 2.75) is 6.92 Å². The lowest BCUT2D eigenvalue weighted by Gasteiger charge is -2.22. The Morgan fingerprint density at radius 1 is 1.37 bits per heavy atom. The Balaban J connectivity index is 2.41. The van der Waals surface area contributed by atoms with E-state index in [4.69, 9.17) is 28.9 Å². The summed E-state index contributed by atoms with van der Waals surface area (Å²) in [5, 5.41) is 0. The van der Waals surface area contributed by atoms with E-state index in [9.17, 15) is 4.79 Å². The second-order valence-electron chi connectivity index (χ2n) is 3.85. The number of carbonyl (C=O) groups is 1. The van der Waals surface area contributed by atoms with E-state index in [0.717, 1.165) is 0 Å². The third-order valence-electron chi connectivity index (χ3n) is 2.68. The lowest BCUT2D eigenvalue weighted by atomic mass is 10.2. The van der Waals surface area contributed by atoms with Gasteiger partial charge in [0.05, 0.1) is 21.3 Å². The Hall–Kier alpha value is -1.23. The number of rotatable bonds is 3. The fraction of sp³-hybridized carbons (Fsp3) is 0.154. The zero-order chi connectivity index (χ0) is 14.0.